The van der Waals surface area contributed by atoms with Crippen molar-refractivity contribution >= 4 is 17.3 Å². The van der Waals surface area contributed by atoms with Gasteiger partial charge >= 0.3 is 0 Å². The number of rotatable bonds is 4. The van der Waals surface area contributed by atoms with Gasteiger partial charge in [-0.05, 0) is 36.8 Å². The average molecular weight is 295 g/mol. The number of hydrogen-bond acceptors (Lipinski definition) is 4. The van der Waals surface area contributed by atoms with Gasteiger partial charge in [-0.2, -0.15) is 5.26 Å². The fourth-order valence-corrected chi connectivity index (χ4v) is 1.91. The van der Waals surface area contributed by atoms with Gasteiger partial charge in [0, 0.05) is 17.8 Å². The molecule has 0 unspecified atom stereocenters. The van der Waals surface area contributed by atoms with E-state index in [1.54, 1.807) is 43.3 Å². The van der Waals surface area contributed by atoms with Crippen LogP contribution in [0.4, 0.5) is 11.4 Å². The van der Waals surface area contributed by atoms with E-state index in [1.165, 1.54) is 12.1 Å². The van der Waals surface area contributed by atoms with Gasteiger partial charge in [-0.25, -0.2) is 0 Å². The maximum Gasteiger partial charge on any atom is 0.269 e. The lowest BCUT2D eigenvalue weighted by Crippen LogP contribution is -2.18. The summed E-state index contributed by atoms with van der Waals surface area (Å²) >= 11 is 0. The van der Waals surface area contributed by atoms with E-state index in [2.05, 4.69) is 5.32 Å². The van der Waals surface area contributed by atoms with Crippen molar-refractivity contribution in [2.75, 3.05) is 5.32 Å². The number of carbonyl (C=O) groups is 1. The SMILES string of the molecule is C[C@@H](C(=O)Nc1ccc(C#N)cc1)c1ccc([N+](=O)[O-])cc1. The molecule has 0 heterocycles. The fraction of sp³-hybridized carbons (Fsp3) is 0.125. The van der Waals surface area contributed by atoms with Crippen LogP contribution < -0.4 is 5.32 Å². The molecule has 0 aromatic heterocycles. The molecule has 0 aliphatic carbocycles. The Hall–Kier alpha value is -3.20. The summed E-state index contributed by atoms with van der Waals surface area (Å²) in [6, 6.07) is 14.4. The fourth-order valence-electron chi connectivity index (χ4n) is 1.91. The van der Waals surface area contributed by atoms with Crippen LogP contribution in [0.25, 0.3) is 0 Å². The van der Waals surface area contributed by atoms with Gasteiger partial charge in [0.15, 0.2) is 0 Å². The summed E-state index contributed by atoms with van der Waals surface area (Å²) < 4.78 is 0. The van der Waals surface area contributed by atoms with Crippen molar-refractivity contribution in [1.82, 2.24) is 0 Å². The van der Waals surface area contributed by atoms with E-state index < -0.39 is 10.8 Å². The summed E-state index contributed by atoms with van der Waals surface area (Å²) in [5, 5.41) is 22.1. The van der Waals surface area contributed by atoms with Gasteiger partial charge in [-0.15, -0.1) is 0 Å². The zero-order valence-electron chi connectivity index (χ0n) is 11.8. The van der Waals surface area contributed by atoms with Crippen molar-refractivity contribution in [3.63, 3.8) is 0 Å². The quantitative estimate of drug-likeness (QED) is 0.692. The van der Waals surface area contributed by atoms with Crippen molar-refractivity contribution in [2.45, 2.75) is 12.8 Å². The first-order chi connectivity index (χ1) is 10.5. The number of non-ortho nitro benzene ring substituents is 1. The molecule has 0 saturated heterocycles. The van der Waals surface area contributed by atoms with Crippen molar-refractivity contribution in [1.29, 1.82) is 5.26 Å². The second kappa shape index (κ2) is 6.50. The third-order valence-corrected chi connectivity index (χ3v) is 3.28. The maximum absolute atomic E-state index is 12.2. The Morgan fingerprint density at radius 2 is 1.77 bits per heavy atom. The molecule has 22 heavy (non-hydrogen) atoms. The van der Waals surface area contributed by atoms with Gasteiger partial charge in [0.05, 0.1) is 22.5 Å². The van der Waals surface area contributed by atoms with Crippen molar-refractivity contribution < 1.29 is 9.72 Å². The summed E-state index contributed by atoms with van der Waals surface area (Å²) in [5.74, 6) is -0.671. The van der Waals surface area contributed by atoms with Crippen LogP contribution in [0.5, 0.6) is 0 Å². The lowest BCUT2D eigenvalue weighted by molar-refractivity contribution is -0.384. The Morgan fingerprint density at radius 1 is 1.18 bits per heavy atom. The van der Waals surface area contributed by atoms with Crippen molar-refractivity contribution in [3.05, 3.63) is 69.8 Å². The lowest BCUT2D eigenvalue weighted by atomic mass is 10.00. The molecule has 110 valence electrons. The van der Waals surface area contributed by atoms with Gasteiger partial charge in [-0.1, -0.05) is 12.1 Å². The van der Waals surface area contributed by atoms with E-state index >= 15 is 0 Å². The van der Waals surface area contributed by atoms with E-state index in [0.29, 0.717) is 16.8 Å². The highest BCUT2D eigenvalue weighted by molar-refractivity contribution is 5.95. The molecule has 1 atom stereocenters. The molecule has 1 N–H and O–H groups in total. The molecule has 0 bridgehead atoms. The summed E-state index contributed by atoms with van der Waals surface area (Å²) in [4.78, 5) is 22.3. The highest BCUT2D eigenvalue weighted by Crippen LogP contribution is 2.21. The summed E-state index contributed by atoms with van der Waals surface area (Å²) in [6.45, 7) is 1.72. The molecule has 2 aromatic rings. The number of nitro benzene ring substituents is 1. The minimum absolute atomic E-state index is 0.0107. The molecule has 0 spiro atoms. The average Bonchev–Trinajstić information content (AvgIpc) is 2.55. The van der Waals surface area contributed by atoms with E-state index in [1.807, 2.05) is 6.07 Å². The monoisotopic (exact) mass is 295 g/mol. The molecule has 0 fully saturated rings. The molecular weight excluding hydrogens is 282 g/mol. The molecule has 1 amide bonds. The number of carbonyl (C=O) groups excluding carboxylic acids is 1. The summed E-state index contributed by atoms with van der Waals surface area (Å²) in [6.07, 6.45) is 0. The van der Waals surface area contributed by atoms with Crippen LogP contribution in [0.1, 0.15) is 24.0 Å². The number of nitro groups is 1. The van der Waals surface area contributed by atoms with E-state index in [-0.39, 0.29) is 11.6 Å². The van der Waals surface area contributed by atoms with Crippen LogP contribution in [0, 0.1) is 21.4 Å². The van der Waals surface area contributed by atoms with Gasteiger partial charge in [0.1, 0.15) is 0 Å². The number of nitrogens with one attached hydrogen (secondary N) is 1. The second-order valence-corrected chi connectivity index (χ2v) is 4.75. The lowest BCUT2D eigenvalue weighted by Gasteiger charge is -2.12. The first kappa shape index (κ1) is 15.2. The predicted octanol–water partition coefficient (Wildman–Crippen LogP) is 3.21. The van der Waals surface area contributed by atoms with Gasteiger partial charge in [0.25, 0.3) is 5.69 Å². The smallest absolute Gasteiger partial charge is 0.269 e. The first-order valence-corrected chi connectivity index (χ1v) is 6.56. The number of amides is 1. The third-order valence-electron chi connectivity index (χ3n) is 3.28. The number of benzene rings is 2. The molecular formula is C16H13N3O3. The predicted molar refractivity (Wildman–Crippen MR) is 81.3 cm³/mol. The highest BCUT2D eigenvalue weighted by Gasteiger charge is 2.16. The standard InChI is InChI=1S/C16H13N3O3/c1-11(13-4-8-15(9-5-13)19(21)22)16(20)18-14-6-2-12(10-17)3-7-14/h2-9,11H,1H3,(H,18,20)/t11-/m1/s1. The molecule has 0 saturated carbocycles. The van der Waals surface area contributed by atoms with Crippen LogP contribution in [0.2, 0.25) is 0 Å². The minimum atomic E-state index is -0.481. The van der Waals surface area contributed by atoms with Crippen molar-refractivity contribution in [3.8, 4) is 6.07 Å². The van der Waals surface area contributed by atoms with Crippen LogP contribution in [-0.4, -0.2) is 10.8 Å². The highest BCUT2D eigenvalue weighted by atomic mass is 16.6. The molecule has 2 rings (SSSR count). The molecule has 2 aromatic carbocycles. The van der Waals surface area contributed by atoms with E-state index in [4.69, 9.17) is 5.26 Å². The molecule has 0 radical (unpaired) electrons. The van der Waals surface area contributed by atoms with Crippen LogP contribution in [0.15, 0.2) is 48.5 Å². The van der Waals surface area contributed by atoms with Crippen molar-refractivity contribution in [2.24, 2.45) is 0 Å². The molecule has 6 nitrogen and oxygen atoms in total. The van der Waals surface area contributed by atoms with Crippen LogP contribution in [0.3, 0.4) is 0 Å². The first-order valence-electron chi connectivity index (χ1n) is 6.56. The normalized spacial score (nSPS) is 11.3. The van der Waals surface area contributed by atoms with Crippen LogP contribution in [-0.2, 0) is 4.79 Å². The summed E-state index contributed by atoms with van der Waals surface area (Å²) in [7, 11) is 0. The van der Waals surface area contributed by atoms with Gasteiger partial charge < -0.3 is 5.32 Å². The Bertz CT molecular complexity index is 731. The number of anilines is 1. The van der Waals surface area contributed by atoms with E-state index in [0.717, 1.165) is 0 Å². The molecule has 0 aliphatic rings. The molecule has 0 aliphatic heterocycles. The zero-order valence-corrected chi connectivity index (χ0v) is 11.8. The Kier molecular flexibility index (Phi) is 4.49. The second-order valence-electron chi connectivity index (χ2n) is 4.75. The Balaban J connectivity index is 2.07. The third kappa shape index (κ3) is 3.46. The van der Waals surface area contributed by atoms with Gasteiger partial charge in [-0.3, -0.25) is 14.9 Å². The van der Waals surface area contributed by atoms with E-state index in [9.17, 15) is 14.9 Å². The largest absolute Gasteiger partial charge is 0.326 e. The van der Waals surface area contributed by atoms with Gasteiger partial charge in [0.2, 0.25) is 5.91 Å². The minimum Gasteiger partial charge on any atom is -0.326 e. The topological polar surface area (TPSA) is 96.0 Å². The van der Waals surface area contributed by atoms with Crippen LogP contribution >= 0.6 is 0 Å². The molecule has 6 heteroatoms. The number of nitrogens with zero attached hydrogens (tertiary/aromatic N) is 2. The Labute approximate surface area is 127 Å². The zero-order chi connectivity index (χ0) is 16.1. The Morgan fingerprint density at radius 3 is 2.27 bits per heavy atom. The summed E-state index contributed by atoms with van der Waals surface area (Å²) in [5.41, 5.74) is 1.79. The number of hydrogen-bond donors (Lipinski definition) is 1. The maximum atomic E-state index is 12.2. The number of nitriles is 1.